The predicted octanol–water partition coefficient (Wildman–Crippen LogP) is 3.09. The Morgan fingerprint density at radius 3 is 2.65 bits per heavy atom. The summed E-state index contributed by atoms with van der Waals surface area (Å²) >= 11 is 0. The first kappa shape index (κ1) is 25.0. The third-order valence-electron chi connectivity index (χ3n) is 6.72. The molecule has 10 heteroatoms. The standard InChI is InChI=1S/C27H28N2O8/c1-13-19(35-26-21(31)20(30)23(34-4)27(2,3)37-26)10-9-14-11-18(25(33)36-22(13)14)29-24(32)16-12-28-17-8-6-5-7-15(16)17/h5-12,20-21,23,26,28,30-31H,1-4H3,(H,29,32)/t20-,21-,23+,26+/m0/s1. The summed E-state index contributed by atoms with van der Waals surface area (Å²) in [6, 6.07) is 12.2. The molecule has 1 aliphatic rings. The summed E-state index contributed by atoms with van der Waals surface area (Å²) in [5, 5.41) is 25.0. The molecule has 0 bridgehead atoms. The number of anilines is 1. The van der Waals surface area contributed by atoms with Gasteiger partial charge in [0.15, 0.2) is 0 Å². The number of rotatable bonds is 5. The maximum absolute atomic E-state index is 12.9. The van der Waals surface area contributed by atoms with E-state index in [1.54, 1.807) is 39.1 Å². The highest BCUT2D eigenvalue weighted by atomic mass is 16.7. The van der Waals surface area contributed by atoms with Crippen LogP contribution in [0.3, 0.4) is 0 Å². The molecule has 0 saturated carbocycles. The highest BCUT2D eigenvalue weighted by molar-refractivity contribution is 6.13. The normalized spacial score (nSPS) is 23.3. The van der Waals surface area contributed by atoms with Crippen molar-refractivity contribution >= 4 is 33.5 Å². The monoisotopic (exact) mass is 508 g/mol. The number of aliphatic hydroxyl groups excluding tert-OH is 2. The lowest BCUT2D eigenvalue weighted by Crippen LogP contribution is -2.63. The quantitative estimate of drug-likeness (QED) is 0.301. The third kappa shape index (κ3) is 4.38. The van der Waals surface area contributed by atoms with Crippen molar-refractivity contribution in [1.82, 2.24) is 4.98 Å². The number of nitrogens with one attached hydrogen (secondary N) is 2. The lowest BCUT2D eigenvalue weighted by molar-refractivity contribution is -0.306. The van der Waals surface area contributed by atoms with Crippen LogP contribution in [0.4, 0.5) is 5.69 Å². The number of hydrogen-bond donors (Lipinski definition) is 4. The Morgan fingerprint density at radius 2 is 1.89 bits per heavy atom. The van der Waals surface area contributed by atoms with E-state index in [4.69, 9.17) is 18.6 Å². The number of amides is 1. The Balaban J connectivity index is 1.41. The second-order valence-corrected chi connectivity index (χ2v) is 9.60. The SMILES string of the molecule is CO[C@@H]1[C@@H](O)[C@H](O)[C@H](Oc2ccc3cc(NC(=O)c4c[nH]c5ccccc45)c(=O)oc3c2C)OC1(C)C. The summed E-state index contributed by atoms with van der Waals surface area (Å²) in [7, 11) is 1.43. The van der Waals surface area contributed by atoms with Crippen LogP contribution in [0.5, 0.6) is 5.75 Å². The van der Waals surface area contributed by atoms with Gasteiger partial charge >= 0.3 is 5.63 Å². The molecule has 0 spiro atoms. The minimum absolute atomic E-state index is 0.00244. The zero-order valence-electron chi connectivity index (χ0n) is 20.8. The van der Waals surface area contributed by atoms with Crippen molar-refractivity contribution in [2.24, 2.45) is 0 Å². The van der Waals surface area contributed by atoms with Crippen LogP contribution in [0.15, 0.2) is 57.9 Å². The van der Waals surface area contributed by atoms with E-state index in [1.165, 1.54) is 13.2 Å². The van der Waals surface area contributed by atoms with Crippen LogP contribution >= 0.6 is 0 Å². The van der Waals surface area contributed by atoms with Gasteiger partial charge in [0.25, 0.3) is 5.91 Å². The molecule has 2 aromatic heterocycles. The third-order valence-corrected chi connectivity index (χ3v) is 6.72. The summed E-state index contributed by atoms with van der Waals surface area (Å²) < 4.78 is 22.6. The zero-order valence-corrected chi connectivity index (χ0v) is 20.8. The first-order valence-corrected chi connectivity index (χ1v) is 11.8. The van der Waals surface area contributed by atoms with Crippen LogP contribution in [0.1, 0.15) is 29.8 Å². The summed E-state index contributed by atoms with van der Waals surface area (Å²) in [6.07, 6.45) is -2.96. The number of benzene rings is 2. The zero-order chi connectivity index (χ0) is 26.5. The lowest BCUT2D eigenvalue weighted by Gasteiger charge is -2.46. The van der Waals surface area contributed by atoms with Crippen molar-refractivity contribution in [3.63, 3.8) is 0 Å². The fraction of sp³-hybridized carbons (Fsp3) is 0.333. The van der Waals surface area contributed by atoms with Gasteiger partial charge in [0.2, 0.25) is 6.29 Å². The predicted molar refractivity (Wildman–Crippen MR) is 136 cm³/mol. The fourth-order valence-electron chi connectivity index (χ4n) is 4.80. The van der Waals surface area contributed by atoms with E-state index in [9.17, 15) is 19.8 Å². The van der Waals surface area contributed by atoms with Gasteiger partial charge in [0.1, 0.15) is 35.3 Å². The van der Waals surface area contributed by atoms with Crippen molar-refractivity contribution < 1.29 is 33.6 Å². The Labute approximate surface area is 211 Å². The van der Waals surface area contributed by atoms with Gasteiger partial charge in [-0.2, -0.15) is 0 Å². The second kappa shape index (κ2) is 9.31. The largest absolute Gasteiger partial charge is 0.462 e. The molecular formula is C27H28N2O8. The van der Waals surface area contributed by atoms with E-state index in [1.807, 2.05) is 24.3 Å². The number of ether oxygens (including phenoxy) is 3. The molecule has 2 aromatic carbocycles. The number of aliphatic hydroxyl groups is 2. The molecule has 194 valence electrons. The smallest absolute Gasteiger partial charge is 0.360 e. The van der Waals surface area contributed by atoms with Crippen LogP contribution in [-0.4, -0.2) is 58.4 Å². The summed E-state index contributed by atoms with van der Waals surface area (Å²) in [6.45, 7) is 5.15. The molecule has 4 aromatic rings. The van der Waals surface area contributed by atoms with Gasteiger partial charge in [-0.15, -0.1) is 0 Å². The summed E-state index contributed by atoms with van der Waals surface area (Å²) in [4.78, 5) is 28.7. The number of aromatic nitrogens is 1. The maximum Gasteiger partial charge on any atom is 0.360 e. The van der Waals surface area contributed by atoms with E-state index in [-0.39, 0.29) is 11.3 Å². The molecular weight excluding hydrogens is 480 g/mol. The molecule has 4 atom stereocenters. The van der Waals surface area contributed by atoms with Crippen LogP contribution in [-0.2, 0) is 9.47 Å². The number of para-hydroxylation sites is 1. The topological polar surface area (TPSA) is 143 Å². The van der Waals surface area contributed by atoms with Crippen molar-refractivity contribution in [3.8, 4) is 5.75 Å². The molecule has 37 heavy (non-hydrogen) atoms. The van der Waals surface area contributed by atoms with Gasteiger partial charge in [-0.1, -0.05) is 18.2 Å². The number of carbonyl (C=O) groups is 1. The molecule has 5 rings (SSSR count). The number of hydrogen-bond acceptors (Lipinski definition) is 8. The van der Waals surface area contributed by atoms with Crippen molar-refractivity contribution in [2.75, 3.05) is 12.4 Å². The second-order valence-electron chi connectivity index (χ2n) is 9.60. The lowest BCUT2D eigenvalue weighted by atomic mass is 9.89. The van der Waals surface area contributed by atoms with Crippen LogP contribution in [0, 0.1) is 6.92 Å². The highest BCUT2D eigenvalue weighted by Crippen LogP contribution is 2.35. The fourth-order valence-corrected chi connectivity index (χ4v) is 4.80. The Kier molecular flexibility index (Phi) is 6.28. The van der Waals surface area contributed by atoms with Crippen molar-refractivity contribution in [2.45, 2.75) is 51.0 Å². The first-order chi connectivity index (χ1) is 17.6. The molecule has 1 saturated heterocycles. The number of methoxy groups -OCH3 is 1. The molecule has 3 heterocycles. The number of aryl methyl sites for hydroxylation is 1. The van der Waals surface area contributed by atoms with Gasteiger partial charge in [0.05, 0.1) is 11.2 Å². The molecule has 1 fully saturated rings. The number of H-pyrrole nitrogens is 1. The minimum Gasteiger partial charge on any atom is -0.462 e. The molecule has 1 aliphatic heterocycles. The number of fused-ring (bicyclic) bond motifs is 2. The van der Waals surface area contributed by atoms with E-state index in [0.717, 1.165) is 10.9 Å². The van der Waals surface area contributed by atoms with Gasteiger partial charge in [0, 0.05) is 35.2 Å². The molecule has 0 unspecified atom stereocenters. The molecule has 0 radical (unpaired) electrons. The Bertz CT molecular complexity index is 1540. The minimum atomic E-state index is -1.37. The van der Waals surface area contributed by atoms with Crippen molar-refractivity contribution in [1.29, 1.82) is 0 Å². The van der Waals surface area contributed by atoms with Crippen LogP contribution in [0.25, 0.3) is 21.9 Å². The maximum atomic E-state index is 12.9. The van der Waals surface area contributed by atoms with Gasteiger partial charge in [-0.05, 0) is 45.0 Å². The van der Waals surface area contributed by atoms with Crippen LogP contribution < -0.4 is 15.7 Å². The van der Waals surface area contributed by atoms with Crippen molar-refractivity contribution in [3.05, 3.63) is 70.2 Å². The van der Waals surface area contributed by atoms with Crippen LogP contribution in [0.2, 0.25) is 0 Å². The van der Waals surface area contributed by atoms with Gasteiger partial charge in [-0.25, -0.2) is 4.79 Å². The van der Waals surface area contributed by atoms with E-state index in [0.29, 0.717) is 22.3 Å². The van der Waals surface area contributed by atoms with Gasteiger partial charge < -0.3 is 39.1 Å². The first-order valence-electron chi connectivity index (χ1n) is 11.8. The van der Waals surface area contributed by atoms with Gasteiger partial charge in [-0.3, -0.25) is 4.79 Å². The number of carbonyl (C=O) groups excluding carboxylic acids is 1. The molecule has 10 nitrogen and oxygen atoms in total. The molecule has 0 aliphatic carbocycles. The van der Waals surface area contributed by atoms with E-state index in [2.05, 4.69) is 10.3 Å². The highest BCUT2D eigenvalue weighted by Gasteiger charge is 2.50. The Hall–Kier alpha value is -3.70. The summed E-state index contributed by atoms with van der Waals surface area (Å²) in [5.74, 6) is -0.145. The Morgan fingerprint density at radius 1 is 1.14 bits per heavy atom. The molecule has 1 amide bonds. The average molecular weight is 509 g/mol. The molecule has 4 N–H and O–H groups in total. The number of aromatic amines is 1. The van der Waals surface area contributed by atoms with E-state index >= 15 is 0 Å². The van der Waals surface area contributed by atoms with E-state index < -0.39 is 41.7 Å². The summed E-state index contributed by atoms with van der Waals surface area (Å²) in [5.41, 5.74) is 0.289. The average Bonchev–Trinajstić information content (AvgIpc) is 3.29.